The molecule has 13 heteroatoms. The van der Waals surface area contributed by atoms with Gasteiger partial charge in [-0.05, 0) is 54.8 Å². The smallest absolute Gasteiger partial charge is 0.408 e. The Kier molecular flexibility index (Phi) is 9.06. The molecule has 0 aliphatic carbocycles. The standard InChI is InChI=1S/C35H29ClF3N3O5S/c1-20-8-6-12-27(46-3)23(20)14-15-29(44)47-33-26(43)16-17-41-32(33)34(45)40(21(2)35(37,38)39)19-42(41)31-24-10-4-5-13-28(24)48-18-22-9-7-11-25(36)30(22)31/h4-17,21,31H,18-19H2,1-3H3/b15-14+/t21-,31-/m1/s1. The van der Waals surface area contributed by atoms with Crippen LogP contribution in [0.5, 0.6) is 11.5 Å². The van der Waals surface area contributed by atoms with Gasteiger partial charge in [-0.2, -0.15) is 13.2 Å². The first-order chi connectivity index (χ1) is 22.9. The number of aromatic nitrogens is 1. The van der Waals surface area contributed by atoms with Crippen LogP contribution in [0.25, 0.3) is 6.08 Å². The maximum absolute atomic E-state index is 14.3. The number of alkyl halides is 3. The second-order valence-electron chi connectivity index (χ2n) is 11.3. The number of halogens is 4. The van der Waals surface area contributed by atoms with E-state index in [0.717, 1.165) is 40.7 Å². The molecule has 0 saturated carbocycles. The molecule has 0 fully saturated rings. The molecule has 0 saturated heterocycles. The van der Waals surface area contributed by atoms with Crippen molar-refractivity contribution in [1.29, 1.82) is 0 Å². The van der Waals surface area contributed by atoms with Crippen LogP contribution >= 0.6 is 23.4 Å². The number of methoxy groups -OCH3 is 1. The van der Waals surface area contributed by atoms with Gasteiger partial charge in [-0.3, -0.25) is 19.3 Å². The van der Waals surface area contributed by atoms with Gasteiger partial charge in [-0.25, -0.2) is 4.79 Å². The number of carbonyl (C=O) groups is 2. The van der Waals surface area contributed by atoms with Crippen molar-refractivity contribution in [3.8, 4) is 11.5 Å². The lowest BCUT2D eigenvalue weighted by molar-refractivity contribution is -0.173. The van der Waals surface area contributed by atoms with Crippen LogP contribution in [0.3, 0.4) is 0 Å². The molecule has 3 aromatic carbocycles. The fraction of sp³-hybridized carbons (Fsp3) is 0.229. The van der Waals surface area contributed by atoms with Gasteiger partial charge in [0.15, 0.2) is 5.69 Å². The number of rotatable bonds is 6. The van der Waals surface area contributed by atoms with E-state index in [-0.39, 0.29) is 0 Å². The van der Waals surface area contributed by atoms with E-state index in [4.69, 9.17) is 21.1 Å². The lowest BCUT2D eigenvalue weighted by Gasteiger charge is -2.46. The quantitative estimate of drug-likeness (QED) is 0.157. The first-order valence-electron chi connectivity index (χ1n) is 14.8. The van der Waals surface area contributed by atoms with Gasteiger partial charge in [-0.1, -0.05) is 54.1 Å². The number of amides is 1. The molecule has 1 aromatic heterocycles. The largest absolute Gasteiger partial charge is 0.496 e. The van der Waals surface area contributed by atoms with Crippen molar-refractivity contribution in [3.63, 3.8) is 0 Å². The number of carbonyl (C=O) groups excluding carboxylic acids is 2. The van der Waals surface area contributed by atoms with Crippen LogP contribution in [0.2, 0.25) is 5.02 Å². The zero-order valence-electron chi connectivity index (χ0n) is 26.0. The van der Waals surface area contributed by atoms with Crippen molar-refractivity contribution in [3.05, 3.63) is 128 Å². The maximum Gasteiger partial charge on any atom is 0.408 e. The van der Waals surface area contributed by atoms with Gasteiger partial charge in [-0.15, -0.1) is 11.8 Å². The van der Waals surface area contributed by atoms with E-state index in [0.29, 0.717) is 32.6 Å². The summed E-state index contributed by atoms with van der Waals surface area (Å²) in [4.78, 5) is 42.0. The van der Waals surface area contributed by atoms with Crippen molar-refractivity contribution >= 4 is 41.3 Å². The molecule has 4 aromatic rings. The first kappa shape index (κ1) is 33.2. The predicted octanol–water partition coefficient (Wildman–Crippen LogP) is 7.13. The highest BCUT2D eigenvalue weighted by Gasteiger charge is 2.48. The second kappa shape index (κ2) is 13.1. The average Bonchev–Trinajstić information content (AvgIpc) is 3.22. The first-order valence-corrected chi connectivity index (χ1v) is 16.2. The van der Waals surface area contributed by atoms with Crippen LogP contribution in [0, 0.1) is 6.92 Å². The number of nitrogens with zero attached hydrogens (tertiary/aromatic N) is 3. The summed E-state index contributed by atoms with van der Waals surface area (Å²) in [5.74, 6) is -1.82. The second-order valence-corrected chi connectivity index (χ2v) is 12.7. The predicted molar refractivity (Wildman–Crippen MR) is 177 cm³/mol. The van der Waals surface area contributed by atoms with Gasteiger partial charge in [0.1, 0.15) is 24.5 Å². The van der Waals surface area contributed by atoms with Gasteiger partial charge >= 0.3 is 12.1 Å². The average molecular weight is 696 g/mol. The molecule has 0 spiro atoms. The minimum Gasteiger partial charge on any atom is -0.496 e. The van der Waals surface area contributed by atoms with Crippen molar-refractivity contribution < 1.29 is 32.2 Å². The number of hydrogen-bond acceptors (Lipinski definition) is 7. The third-order valence-corrected chi connectivity index (χ3v) is 9.89. The Labute approximate surface area is 283 Å². The summed E-state index contributed by atoms with van der Waals surface area (Å²) in [7, 11) is 1.48. The Morgan fingerprint density at radius 3 is 2.56 bits per heavy atom. The van der Waals surface area contributed by atoms with Crippen molar-refractivity contribution in [1.82, 2.24) is 9.58 Å². The summed E-state index contributed by atoms with van der Waals surface area (Å²) in [5.41, 5.74) is 2.22. The highest BCUT2D eigenvalue weighted by molar-refractivity contribution is 7.98. The lowest BCUT2D eigenvalue weighted by atomic mass is 9.94. The molecule has 48 heavy (non-hydrogen) atoms. The Balaban J connectivity index is 1.52. The summed E-state index contributed by atoms with van der Waals surface area (Å²) in [6.45, 7) is 2.16. The Bertz CT molecular complexity index is 2010. The van der Waals surface area contributed by atoms with Gasteiger partial charge < -0.3 is 14.4 Å². The zero-order chi connectivity index (χ0) is 34.3. The summed E-state index contributed by atoms with van der Waals surface area (Å²) in [6.07, 6.45) is -1.01. The van der Waals surface area contributed by atoms with Gasteiger partial charge in [0.25, 0.3) is 5.91 Å². The Morgan fingerprint density at radius 2 is 1.81 bits per heavy atom. The van der Waals surface area contributed by atoms with Crippen LogP contribution in [-0.2, 0) is 10.5 Å². The molecule has 0 N–H and O–H groups in total. The maximum atomic E-state index is 14.3. The minimum absolute atomic E-state index is 0.383. The highest BCUT2D eigenvalue weighted by atomic mass is 35.5. The molecule has 8 nitrogen and oxygen atoms in total. The summed E-state index contributed by atoms with van der Waals surface area (Å²) in [5, 5.41) is 1.92. The molecule has 2 aliphatic rings. The van der Waals surface area contributed by atoms with Crippen LogP contribution in [-0.4, -0.2) is 47.4 Å². The van der Waals surface area contributed by atoms with Crippen LogP contribution in [0.1, 0.15) is 51.3 Å². The number of benzene rings is 3. The number of pyridine rings is 1. The van der Waals surface area contributed by atoms with E-state index in [1.807, 2.05) is 43.3 Å². The molecule has 1 amide bonds. The van der Waals surface area contributed by atoms with Crippen LogP contribution in [0.15, 0.2) is 88.7 Å². The number of ether oxygens (including phenoxy) is 2. The molecule has 0 bridgehead atoms. The van der Waals surface area contributed by atoms with E-state index in [1.54, 1.807) is 41.0 Å². The molecule has 2 atom stereocenters. The highest BCUT2D eigenvalue weighted by Crippen LogP contribution is 2.45. The van der Waals surface area contributed by atoms with Crippen LogP contribution in [0.4, 0.5) is 13.2 Å². The van der Waals surface area contributed by atoms with Crippen molar-refractivity contribution in [2.75, 3.05) is 18.8 Å². The summed E-state index contributed by atoms with van der Waals surface area (Å²) < 4.78 is 55.0. The number of esters is 1. The molecular formula is C35H29ClF3N3O5S. The molecule has 0 radical (unpaired) electrons. The number of hydrogen-bond donors (Lipinski definition) is 0. The van der Waals surface area contributed by atoms with E-state index in [9.17, 15) is 27.6 Å². The fourth-order valence-corrected chi connectivity index (χ4v) is 7.31. The monoisotopic (exact) mass is 695 g/mol. The minimum atomic E-state index is -4.81. The number of aryl methyl sites for hydroxylation is 1. The van der Waals surface area contributed by atoms with Crippen LogP contribution < -0.4 is 19.9 Å². The molecule has 248 valence electrons. The van der Waals surface area contributed by atoms with E-state index >= 15 is 0 Å². The number of thioether (sulfide) groups is 1. The third kappa shape index (κ3) is 6.06. The van der Waals surface area contributed by atoms with Crippen molar-refractivity contribution in [2.24, 2.45) is 0 Å². The molecule has 6 rings (SSSR count). The number of fused-ring (bicyclic) bond motifs is 3. The molecular weight excluding hydrogens is 667 g/mol. The van der Waals surface area contributed by atoms with Gasteiger partial charge in [0.2, 0.25) is 11.2 Å². The summed E-state index contributed by atoms with van der Waals surface area (Å²) in [6, 6.07) is 16.2. The van der Waals surface area contributed by atoms with E-state index in [2.05, 4.69) is 0 Å². The van der Waals surface area contributed by atoms with E-state index in [1.165, 1.54) is 24.1 Å². The summed E-state index contributed by atoms with van der Waals surface area (Å²) >= 11 is 8.38. The topological polar surface area (TPSA) is 81.1 Å². The van der Waals surface area contributed by atoms with Gasteiger partial charge in [0.05, 0.1) is 7.11 Å². The normalized spacial score (nSPS) is 16.6. The Hall–Kier alpha value is -4.68. The van der Waals surface area contributed by atoms with E-state index < -0.39 is 53.7 Å². The lowest BCUT2D eigenvalue weighted by Crippen LogP contribution is -2.60. The van der Waals surface area contributed by atoms with Crippen molar-refractivity contribution in [2.45, 2.75) is 42.8 Å². The molecule has 2 aliphatic heterocycles. The zero-order valence-corrected chi connectivity index (χ0v) is 27.5. The SMILES string of the molecule is COc1cccc(C)c1/C=C/C(=O)Oc1c2n(ccc1=O)N([C@@H]1c3ccccc3SCc3cccc(Cl)c31)CN([C@H](C)C(F)(F)F)C2=O. The molecule has 0 unspecified atom stereocenters. The molecule has 3 heterocycles. The van der Waals surface area contributed by atoms with Gasteiger partial charge in [0, 0.05) is 45.1 Å². The fourth-order valence-electron chi connectivity index (χ4n) is 5.93. The Morgan fingerprint density at radius 1 is 1.06 bits per heavy atom. The third-order valence-electron chi connectivity index (χ3n) is 8.42.